The van der Waals surface area contributed by atoms with Crippen molar-refractivity contribution in [3.63, 3.8) is 0 Å². The van der Waals surface area contributed by atoms with Gasteiger partial charge in [0, 0.05) is 24.3 Å². The largest absolute Gasteiger partial charge is 0.350 e. The zero-order valence-corrected chi connectivity index (χ0v) is 16.6. The number of amides is 1. The summed E-state index contributed by atoms with van der Waals surface area (Å²) in [6.45, 7) is 8.77. The molecule has 0 aliphatic heterocycles. The van der Waals surface area contributed by atoms with E-state index < -0.39 is 0 Å². The molecule has 1 amide bonds. The first-order valence-electron chi connectivity index (χ1n) is 9.71. The minimum atomic E-state index is -0.312. The van der Waals surface area contributed by atoms with E-state index in [4.69, 9.17) is 0 Å². The fourth-order valence-corrected chi connectivity index (χ4v) is 3.69. The Bertz CT molecular complexity index is 899. The van der Waals surface area contributed by atoms with E-state index in [1.165, 1.54) is 16.7 Å². The van der Waals surface area contributed by atoms with Crippen molar-refractivity contribution in [3.05, 3.63) is 68.1 Å². The highest BCUT2D eigenvalue weighted by Gasteiger charge is 2.24. The third-order valence-electron chi connectivity index (χ3n) is 5.16. The zero-order chi connectivity index (χ0) is 19.6. The molecule has 0 bridgehead atoms. The van der Waals surface area contributed by atoms with Gasteiger partial charge in [-0.25, -0.2) is 0 Å². The maximum atomic E-state index is 12.4. The van der Waals surface area contributed by atoms with Gasteiger partial charge in [-0.2, -0.15) is 0 Å². The lowest BCUT2D eigenvalue weighted by Gasteiger charge is -2.27. The summed E-state index contributed by atoms with van der Waals surface area (Å²) in [5.74, 6) is -0.312. The Labute approximate surface area is 160 Å². The number of pyridine rings is 1. The standard InChI is InChI=1S/C22H29N3O2/c1-13(2)24-21(26)18-11-17-19(6-5-7-20(17)25-22(18)27)23-12-16-10-14(3)8-9-15(16)4/h8-11,13,19,23H,5-7,12H2,1-4H3,(H,24,26)(H,25,27). The average Bonchev–Trinajstić information content (AvgIpc) is 2.61. The summed E-state index contributed by atoms with van der Waals surface area (Å²) >= 11 is 0. The summed E-state index contributed by atoms with van der Waals surface area (Å²) in [6, 6.07) is 8.39. The fourth-order valence-electron chi connectivity index (χ4n) is 3.69. The molecule has 0 radical (unpaired) electrons. The van der Waals surface area contributed by atoms with E-state index in [1.54, 1.807) is 6.07 Å². The second kappa shape index (κ2) is 8.09. The summed E-state index contributed by atoms with van der Waals surface area (Å²) in [5, 5.41) is 6.45. The van der Waals surface area contributed by atoms with Gasteiger partial charge in [-0.05, 0) is 69.7 Å². The van der Waals surface area contributed by atoms with Gasteiger partial charge >= 0.3 is 0 Å². The van der Waals surface area contributed by atoms with E-state index in [0.29, 0.717) is 0 Å². The third kappa shape index (κ3) is 4.48. The van der Waals surface area contributed by atoms with Crippen LogP contribution in [-0.2, 0) is 13.0 Å². The molecule has 5 nitrogen and oxygen atoms in total. The number of hydrogen-bond acceptors (Lipinski definition) is 3. The molecule has 2 aromatic rings. The summed E-state index contributed by atoms with van der Waals surface area (Å²) in [4.78, 5) is 27.7. The van der Waals surface area contributed by atoms with Crippen LogP contribution in [0.4, 0.5) is 0 Å². The molecule has 0 saturated carbocycles. The first kappa shape index (κ1) is 19.4. The number of aromatic amines is 1. The number of aromatic nitrogens is 1. The molecule has 1 aliphatic carbocycles. The molecule has 144 valence electrons. The van der Waals surface area contributed by atoms with Crippen molar-refractivity contribution in [2.45, 2.75) is 65.6 Å². The summed E-state index contributed by atoms with van der Waals surface area (Å²) in [5.41, 5.74) is 5.68. The van der Waals surface area contributed by atoms with Crippen LogP contribution in [0.1, 0.15) is 71.0 Å². The van der Waals surface area contributed by atoms with Gasteiger partial charge in [-0.1, -0.05) is 23.8 Å². The predicted octanol–water partition coefficient (Wildman–Crippen LogP) is 3.30. The first-order valence-corrected chi connectivity index (χ1v) is 9.71. The quantitative estimate of drug-likeness (QED) is 0.759. The van der Waals surface area contributed by atoms with E-state index >= 15 is 0 Å². The lowest BCUT2D eigenvalue weighted by molar-refractivity contribution is 0.0941. The molecule has 1 atom stereocenters. The number of carbonyl (C=O) groups is 1. The molecule has 1 aromatic carbocycles. The van der Waals surface area contributed by atoms with Crippen molar-refractivity contribution in [1.82, 2.24) is 15.6 Å². The van der Waals surface area contributed by atoms with Crippen LogP contribution in [0.15, 0.2) is 29.1 Å². The second-order valence-corrected chi connectivity index (χ2v) is 7.83. The molecular weight excluding hydrogens is 338 g/mol. The van der Waals surface area contributed by atoms with Gasteiger partial charge in [0.25, 0.3) is 11.5 Å². The van der Waals surface area contributed by atoms with E-state index in [-0.39, 0.29) is 29.1 Å². The highest BCUT2D eigenvalue weighted by Crippen LogP contribution is 2.29. The molecule has 1 aliphatic rings. The third-order valence-corrected chi connectivity index (χ3v) is 5.16. The van der Waals surface area contributed by atoms with Crippen LogP contribution in [0, 0.1) is 13.8 Å². The molecule has 3 rings (SSSR count). The van der Waals surface area contributed by atoms with Gasteiger partial charge in [0.1, 0.15) is 5.56 Å². The number of aryl methyl sites for hydroxylation is 3. The van der Waals surface area contributed by atoms with Crippen molar-refractivity contribution in [3.8, 4) is 0 Å². The highest BCUT2D eigenvalue weighted by atomic mass is 16.2. The van der Waals surface area contributed by atoms with Crippen molar-refractivity contribution in [2.75, 3.05) is 0 Å². The number of benzene rings is 1. The van der Waals surface area contributed by atoms with E-state index in [2.05, 4.69) is 47.7 Å². The van der Waals surface area contributed by atoms with Gasteiger partial charge in [-0.3, -0.25) is 9.59 Å². The van der Waals surface area contributed by atoms with Crippen LogP contribution in [-0.4, -0.2) is 16.9 Å². The Balaban J connectivity index is 1.85. The molecule has 1 aromatic heterocycles. The maximum Gasteiger partial charge on any atom is 0.261 e. The maximum absolute atomic E-state index is 12.4. The second-order valence-electron chi connectivity index (χ2n) is 7.83. The smallest absolute Gasteiger partial charge is 0.261 e. The molecule has 1 heterocycles. The van der Waals surface area contributed by atoms with Crippen LogP contribution >= 0.6 is 0 Å². The van der Waals surface area contributed by atoms with E-state index in [1.807, 2.05) is 13.8 Å². The molecule has 3 N–H and O–H groups in total. The van der Waals surface area contributed by atoms with Crippen LogP contribution in [0.25, 0.3) is 0 Å². The molecule has 0 fully saturated rings. The number of hydrogen-bond donors (Lipinski definition) is 3. The van der Waals surface area contributed by atoms with Crippen molar-refractivity contribution in [1.29, 1.82) is 0 Å². The molecule has 27 heavy (non-hydrogen) atoms. The molecule has 0 spiro atoms. The Morgan fingerprint density at radius 3 is 2.78 bits per heavy atom. The Morgan fingerprint density at radius 2 is 2.04 bits per heavy atom. The zero-order valence-electron chi connectivity index (χ0n) is 16.6. The lowest BCUT2D eigenvalue weighted by Crippen LogP contribution is -2.36. The van der Waals surface area contributed by atoms with E-state index in [9.17, 15) is 9.59 Å². The topological polar surface area (TPSA) is 74.0 Å². The number of nitrogens with one attached hydrogen (secondary N) is 3. The van der Waals surface area contributed by atoms with Gasteiger partial charge < -0.3 is 15.6 Å². The lowest BCUT2D eigenvalue weighted by atomic mass is 9.90. The highest BCUT2D eigenvalue weighted by molar-refractivity contribution is 5.94. The van der Waals surface area contributed by atoms with Crippen LogP contribution in [0.5, 0.6) is 0 Å². The van der Waals surface area contributed by atoms with Crippen LogP contribution in [0.3, 0.4) is 0 Å². The Hall–Kier alpha value is -2.40. The molecule has 1 unspecified atom stereocenters. The van der Waals surface area contributed by atoms with Gasteiger partial charge in [-0.15, -0.1) is 0 Å². The van der Waals surface area contributed by atoms with Gasteiger partial charge in [0.15, 0.2) is 0 Å². The monoisotopic (exact) mass is 367 g/mol. The Kier molecular flexibility index (Phi) is 5.80. The summed E-state index contributed by atoms with van der Waals surface area (Å²) in [6.07, 6.45) is 2.86. The summed E-state index contributed by atoms with van der Waals surface area (Å²) < 4.78 is 0. The summed E-state index contributed by atoms with van der Waals surface area (Å²) in [7, 11) is 0. The normalized spacial score (nSPS) is 16.3. The molecule has 0 saturated heterocycles. The Morgan fingerprint density at radius 1 is 1.26 bits per heavy atom. The number of fused-ring (bicyclic) bond motifs is 1. The average molecular weight is 367 g/mol. The van der Waals surface area contributed by atoms with Gasteiger partial charge in [0.2, 0.25) is 0 Å². The number of rotatable bonds is 5. The van der Waals surface area contributed by atoms with Crippen molar-refractivity contribution < 1.29 is 4.79 Å². The van der Waals surface area contributed by atoms with Crippen molar-refractivity contribution >= 4 is 5.91 Å². The van der Waals surface area contributed by atoms with Gasteiger partial charge in [0.05, 0.1) is 0 Å². The fraction of sp³-hybridized carbons (Fsp3) is 0.455. The molecular formula is C22H29N3O2. The van der Waals surface area contributed by atoms with Crippen LogP contribution < -0.4 is 16.2 Å². The SMILES string of the molecule is Cc1ccc(C)c(CNC2CCCc3[nH]c(=O)c(C(=O)NC(C)C)cc32)c1. The minimum Gasteiger partial charge on any atom is -0.350 e. The van der Waals surface area contributed by atoms with Crippen LogP contribution in [0.2, 0.25) is 0 Å². The first-order chi connectivity index (χ1) is 12.8. The number of H-pyrrole nitrogens is 1. The van der Waals surface area contributed by atoms with E-state index in [0.717, 1.165) is 37.1 Å². The minimum absolute atomic E-state index is 0.00819. The van der Waals surface area contributed by atoms with Crippen molar-refractivity contribution in [2.24, 2.45) is 0 Å². The number of carbonyl (C=O) groups excluding carboxylic acids is 1. The predicted molar refractivity (Wildman–Crippen MR) is 108 cm³/mol. The molecule has 5 heteroatoms.